The number of halogens is 1. The predicted octanol–water partition coefficient (Wildman–Crippen LogP) is 4.95. The highest BCUT2D eigenvalue weighted by molar-refractivity contribution is 7.89. The van der Waals surface area contributed by atoms with Gasteiger partial charge in [-0.1, -0.05) is 54.1 Å². The number of hydrogen-bond donors (Lipinski definition) is 2. The first kappa shape index (κ1) is 22.0. The van der Waals surface area contributed by atoms with Crippen molar-refractivity contribution in [2.75, 3.05) is 5.32 Å². The predicted molar refractivity (Wildman–Crippen MR) is 120 cm³/mol. The van der Waals surface area contributed by atoms with Gasteiger partial charge in [-0.2, -0.15) is 0 Å². The van der Waals surface area contributed by atoms with Gasteiger partial charge in [0.05, 0.1) is 4.90 Å². The van der Waals surface area contributed by atoms with E-state index in [0.717, 1.165) is 11.1 Å². The maximum Gasteiger partial charge on any atom is 0.241 e. The minimum atomic E-state index is -3.64. The molecule has 0 saturated carbocycles. The summed E-state index contributed by atoms with van der Waals surface area (Å²) < 4.78 is 28.0. The molecule has 0 spiro atoms. The van der Waals surface area contributed by atoms with Crippen LogP contribution in [-0.4, -0.2) is 14.3 Å². The van der Waals surface area contributed by atoms with Gasteiger partial charge in [0.2, 0.25) is 15.9 Å². The minimum absolute atomic E-state index is 0.118. The van der Waals surface area contributed by atoms with Crippen molar-refractivity contribution in [1.29, 1.82) is 0 Å². The van der Waals surface area contributed by atoms with Gasteiger partial charge >= 0.3 is 0 Å². The van der Waals surface area contributed by atoms with Crippen molar-refractivity contribution in [3.8, 4) is 0 Å². The lowest BCUT2D eigenvalue weighted by Gasteiger charge is -2.15. The maximum atomic E-state index is 12.6. The Balaban J connectivity index is 1.56. The standard InChI is InChI=1S/C23H23ClN2O3S/c1-17(19-5-3-2-4-6-19)26-30(28,29)22-14-7-18(8-15-22)9-16-23(27)25-21-12-10-20(24)11-13-21/h2-8,10-15,17,26H,9,16H2,1H3,(H,25,27)/t17-/m0/s1. The normalized spacial score (nSPS) is 12.3. The molecule has 5 nitrogen and oxygen atoms in total. The SMILES string of the molecule is C[C@H](NS(=O)(=O)c1ccc(CCC(=O)Nc2ccc(Cl)cc2)cc1)c1ccccc1. The third kappa shape index (κ3) is 6.16. The second-order valence-electron chi connectivity index (χ2n) is 6.95. The number of anilines is 1. The highest BCUT2D eigenvalue weighted by Gasteiger charge is 2.18. The summed E-state index contributed by atoms with van der Waals surface area (Å²) in [6.45, 7) is 1.81. The van der Waals surface area contributed by atoms with Crippen LogP contribution >= 0.6 is 11.6 Å². The van der Waals surface area contributed by atoms with Crippen molar-refractivity contribution in [3.05, 3.63) is 95.0 Å². The molecule has 0 aliphatic rings. The summed E-state index contributed by atoms with van der Waals surface area (Å²) in [7, 11) is -3.64. The third-order valence-corrected chi connectivity index (χ3v) is 6.44. The van der Waals surface area contributed by atoms with Crippen molar-refractivity contribution >= 4 is 33.2 Å². The summed E-state index contributed by atoms with van der Waals surface area (Å²) >= 11 is 5.83. The Morgan fingerprint density at radius 3 is 2.20 bits per heavy atom. The van der Waals surface area contributed by atoms with E-state index in [1.807, 2.05) is 30.3 Å². The van der Waals surface area contributed by atoms with Crippen LogP contribution in [-0.2, 0) is 21.2 Å². The number of rotatable bonds is 8. The molecule has 7 heteroatoms. The molecule has 1 amide bonds. The Bertz CT molecular complexity index is 1080. The molecular formula is C23H23ClN2O3S. The quantitative estimate of drug-likeness (QED) is 0.518. The van der Waals surface area contributed by atoms with Crippen LogP contribution in [0.25, 0.3) is 0 Å². The van der Waals surface area contributed by atoms with Gasteiger partial charge < -0.3 is 5.32 Å². The number of sulfonamides is 1. The monoisotopic (exact) mass is 442 g/mol. The van der Waals surface area contributed by atoms with E-state index in [1.54, 1.807) is 55.5 Å². The van der Waals surface area contributed by atoms with E-state index < -0.39 is 10.0 Å². The van der Waals surface area contributed by atoms with E-state index in [-0.39, 0.29) is 23.3 Å². The molecule has 0 aliphatic carbocycles. The van der Waals surface area contributed by atoms with Crippen LogP contribution in [0.3, 0.4) is 0 Å². The van der Waals surface area contributed by atoms with Crippen LogP contribution in [0.2, 0.25) is 5.02 Å². The van der Waals surface area contributed by atoms with E-state index in [2.05, 4.69) is 10.0 Å². The second-order valence-corrected chi connectivity index (χ2v) is 9.10. The molecule has 0 radical (unpaired) electrons. The lowest BCUT2D eigenvalue weighted by Crippen LogP contribution is -2.26. The molecule has 156 valence electrons. The molecule has 0 aliphatic heterocycles. The van der Waals surface area contributed by atoms with Gasteiger partial charge in [-0.15, -0.1) is 0 Å². The largest absolute Gasteiger partial charge is 0.326 e. The molecule has 0 saturated heterocycles. The van der Waals surface area contributed by atoms with E-state index >= 15 is 0 Å². The van der Waals surface area contributed by atoms with Gasteiger partial charge in [-0.05, 0) is 60.9 Å². The van der Waals surface area contributed by atoms with Crippen LogP contribution < -0.4 is 10.0 Å². The van der Waals surface area contributed by atoms with Gasteiger partial charge in [0.1, 0.15) is 0 Å². The molecule has 0 fully saturated rings. The molecule has 3 rings (SSSR count). The van der Waals surface area contributed by atoms with Crippen LogP contribution in [0, 0.1) is 0 Å². The number of aryl methyl sites for hydroxylation is 1. The highest BCUT2D eigenvalue weighted by atomic mass is 35.5. The van der Waals surface area contributed by atoms with Gasteiger partial charge in [0.15, 0.2) is 0 Å². The molecule has 1 atom stereocenters. The fourth-order valence-electron chi connectivity index (χ4n) is 2.96. The first-order valence-corrected chi connectivity index (χ1v) is 11.4. The summed E-state index contributed by atoms with van der Waals surface area (Å²) in [6.07, 6.45) is 0.797. The number of amides is 1. The Hall–Kier alpha value is -2.67. The maximum absolute atomic E-state index is 12.6. The van der Waals surface area contributed by atoms with Crippen LogP contribution in [0.4, 0.5) is 5.69 Å². The fourth-order valence-corrected chi connectivity index (χ4v) is 4.32. The molecule has 0 aromatic heterocycles. The van der Waals surface area contributed by atoms with Gasteiger partial charge in [-0.25, -0.2) is 13.1 Å². The van der Waals surface area contributed by atoms with E-state index in [0.29, 0.717) is 17.1 Å². The summed E-state index contributed by atoms with van der Waals surface area (Å²) in [5.74, 6) is -0.118. The lowest BCUT2D eigenvalue weighted by atomic mass is 10.1. The summed E-state index contributed by atoms with van der Waals surface area (Å²) in [5, 5.41) is 3.42. The van der Waals surface area contributed by atoms with Crippen molar-refractivity contribution < 1.29 is 13.2 Å². The molecule has 3 aromatic carbocycles. The molecular weight excluding hydrogens is 420 g/mol. The molecule has 0 heterocycles. The van der Waals surface area contributed by atoms with Crippen molar-refractivity contribution in [2.45, 2.75) is 30.7 Å². The van der Waals surface area contributed by atoms with Crippen LogP contribution in [0.15, 0.2) is 83.8 Å². The zero-order valence-electron chi connectivity index (χ0n) is 16.5. The Labute approximate surface area is 182 Å². The molecule has 0 unspecified atom stereocenters. The third-order valence-electron chi connectivity index (χ3n) is 4.63. The molecule has 3 aromatic rings. The van der Waals surface area contributed by atoms with Crippen LogP contribution in [0.1, 0.15) is 30.5 Å². The Kier molecular flexibility index (Phi) is 7.26. The van der Waals surface area contributed by atoms with Gasteiger partial charge in [0, 0.05) is 23.2 Å². The zero-order chi connectivity index (χ0) is 21.6. The number of hydrogen-bond acceptors (Lipinski definition) is 3. The average Bonchev–Trinajstić information content (AvgIpc) is 2.74. The first-order valence-electron chi connectivity index (χ1n) is 9.55. The number of nitrogens with one attached hydrogen (secondary N) is 2. The highest BCUT2D eigenvalue weighted by Crippen LogP contribution is 2.18. The summed E-state index contributed by atoms with van der Waals surface area (Å²) in [6, 6.07) is 22.5. The van der Waals surface area contributed by atoms with Crippen molar-refractivity contribution in [2.24, 2.45) is 0 Å². The molecule has 30 heavy (non-hydrogen) atoms. The average molecular weight is 443 g/mol. The van der Waals surface area contributed by atoms with Crippen molar-refractivity contribution in [1.82, 2.24) is 4.72 Å². The topological polar surface area (TPSA) is 75.3 Å². The minimum Gasteiger partial charge on any atom is -0.326 e. The van der Waals surface area contributed by atoms with Gasteiger partial charge in [-0.3, -0.25) is 4.79 Å². The number of carbonyl (C=O) groups is 1. The van der Waals surface area contributed by atoms with Crippen molar-refractivity contribution in [3.63, 3.8) is 0 Å². The Morgan fingerprint density at radius 1 is 0.933 bits per heavy atom. The van der Waals surface area contributed by atoms with E-state index in [9.17, 15) is 13.2 Å². The molecule has 0 bridgehead atoms. The van der Waals surface area contributed by atoms with Crippen LogP contribution in [0.5, 0.6) is 0 Å². The summed E-state index contributed by atoms with van der Waals surface area (Å²) in [4.78, 5) is 12.3. The van der Waals surface area contributed by atoms with Gasteiger partial charge in [0.25, 0.3) is 0 Å². The zero-order valence-corrected chi connectivity index (χ0v) is 18.1. The fraction of sp³-hybridized carbons (Fsp3) is 0.174. The first-order chi connectivity index (χ1) is 14.3. The smallest absolute Gasteiger partial charge is 0.241 e. The number of benzene rings is 3. The van der Waals surface area contributed by atoms with E-state index in [4.69, 9.17) is 11.6 Å². The summed E-state index contributed by atoms with van der Waals surface area (Å²) in [5.41, 5.74) is 2.46. The number of carbonyl (C=O) groups excluding carboxylic acids is 1. The lowest BCUT2D eigenvalue weighted by molar-refractivity contribution is -0.116. The Morgan fingerprint density at radius 2 is 1.57 bits per heavy atom. The second kappa shape index (κ2) is 9.89. The van der Waals surface area contributed by atoms with E-state index in [1.165, 1.54) is 0 Å². The molecule has 2 N–H and O–H groups in total.